The highest BCUT2D eigenvalue weighted by molar-refractivity contribution is 7.91. The number of rotatable bonds is 7. The molecule has 0 spiro atoms. The van der Waals surface area contributed by atoms with Gasteiger partial charge in [0.05, 0.1) is 12.3 Å². The first-order valence-corrected chi connectivity index (χ1v) is 11.6. The van der Waals surface area contributed by atoms with Gasteiger partial charge < -0.3 is 10.2 Å². The number of carboxylic acids is 1. The average molecular weight is 448 g/mol. The number of aliphatic hydroxyl groups is 1. The Morgan fingerprint density at radius 3 is 2.57 bits per heavy atom. The van der Waals surface area contributed by atoms with Crippen LogP contribution in [0.5, 0.6) is 0 Å². The molecule has 1 aliphatic rings. The van der Waals surface area contributed by atoms with Gasteiger partial charge in [-0.2, -0.15) is 9.82 Å². The Balaban J connectivity index is 1.62. The van der Waals surface area contributed by atoms with Crippen LogP contribution in [0.25, 0.3) is 5.00 Å². The first kappa shape index (κ1) is 20.7. The number of hydrogen-bond donors (Lipinski definition) is 3. The molecular weight excluding hydrogens is 426 g/mol. The highest BCUT2D eigenvalue weighted by Gasteiger charge is 2.70. The standard InChI is InChI=1S/C20H21N3O5S2/c1-12-18(14-6-4-3-5-7-14)20(12,19(25)26)22-30(27,28)17-9-8-16(29-17)23-11-15(10-21-23)13(2)24/h3-13,18,22,24H,1-2H3,(H,25,26)/t12?,13?,18-,20+/m1/s1. The lowest BCUT2D eigenvalue weighted by atomic mass is 10.1. The topological polar surface area (TPSA) is 122 Å². The molecule has 8 nitrogen and oxygen atoms in total. The summed E-state index contributed by atoms with van der Waals surface area (Å²) in [5, 5.41) is 24.2. The van der Waals surface area contributed by atoms with Crippen LogP contribution in [0.2, 0.25) is 0 Å². The second-order valence-corrected chi connectivity index (χ2v) is 10.4. The van der Waals surface area contributed by atoms with E-state index >= 15 is 0 Å². The van der Waals surface area contributed by atoms with E-state index in [1.54, 1.807) is 50.4 Å². The second kappa shape index (κ2) is 7.31. The maximum atomic E-state index is 13.0. The molecule has 2 heterocycles. The van der Waals surface area contributed by atoms with Gasteiger partial charge >= 0.3 is 5.97 Å². The summed E-state index contributed by atoms with van der Waals surface area (Å²) in [6.45, 7) is 3.34. The van der Waals surface area contributed by atoms with E-state index in [-0.39, 0.29) is 4.21 Å². The summed E-state index contributed by atoms with van der Waals surface area (Å²) in [5.74, 6) is -2.05. The first-order valence-electron chi connectivity index (χ1n) is 9.32. The largest absolute Gasteiger partial charge is 0.480 e. The van der Waals surface area contributed by atoms with Crippen molar-refractivity contribution in [1.82, 2.24) is 14.5 Å². The second-order valence-electron chi connectivity index (χ2n) is 7.44. The summed E-state index contributed by atoms with van der Waals surface area (Å²) in [6.07, 6.45) is 2.44. The van der Waals surface area contributed by atoms with Crippen LogP contribution in [0.15, 0.2) is 59.1 Å². The lowest BCUT2D eigenvalue weighted by Gasteiger charge is -2.15. The fourth-order valence-corrected chi connectivity index (χ4v) is 6.51. The Morgan fingerprint density at radius 1 is 1.27 bits per heavy atom. The fourth-order valence-electron chi connectivity index (χ4n) is 3.82. The zero-order chi connectivity index (χ0) is 21.7. The molecule has 1 aromatic carbocycles. The van der Waals surface area contributed by atoms with Gasteiger partial charge in [0.25, 0.3) is 10.0 Å². The molecule has 2 unspecified atom stereocenters. The van der Waals surface area contributed by atoms with Gasteiger partial charge in [0.2, 0.25) is 0 Å². The molecule has 0 saturated heterocycles. The zero-order valence-electron chi connectivity index (χ0n) is 16.3. The Morgan fingerprint density at radius 2 is 1.97 bits per heavy atom. The predicted octanol–water partition coefficient (Wildman–Crippen LogP) is 2.52. The molecule has 3 N–H and O–H groups in total. The normalized spacial score (nSPS) is 24.5. The van der Waals surface area contributed by atoms with Crippen molar-refractivity contribution in [3.05, 3.63) is 66.0 Å². The third-order valence-corrected chi connectivity index (χ3v) is 8.61. The zero-order valence-corrected chi connectivity index (χ0v) is 17.9. The number of carbonyl (C=O) groups is 1. The molecule has 2 aromatic heterocycles. The quantitative estimate of drug-likeness (QED) is 0.512. The molecule has 158 valence electrons. The van der Waals surface area contributed by atoms with Crippen LogP contribution in [-0.2, 0) is 14.8 Å². The van der Waals surface area contributed by atoms with Crippen molar-refractivity contribution in [1.29, 1.82) is 0 Å². The van der Waals surface area contributed by atoms with Crippen LogP contribution in [0.1, 0.15) is 37.0 Å². The number of nitrogens with zero attached hydrogens (tertiary/aromatic N) is 2. The van der Waals surface area contributed by atoms with Gasteiger partial charge in [-0.3, -0.25) is 4.79 Å². The molecule has 0 aliphatic heterocycles. The lowest BCUT2D eigenvalue weighted by molar-refractivity contribution is -0.140. The van der Waals surface area contributed by atoms with Crippen LogP contribution in [0, 0.1) is 5.92 Å². The van der Waals surface area contributed by atoms with E-state index in [0.29, 0.717) is 10.6 Å². The van der Waals surface area contributed by atoms with Gasteiger partial charge in [0.15, 0.2) is 0 Å². The van der Waals surface area contributed by atoms with Crippen molar-refractivity contribution in [3.63, 3.8) is 0 Å². The third-order valence-electron chi connectivity index (χ3n) is 5.56. The van der Waals surface area contributed by atoms with Gasteiger partial charge in [-0.05, 0) is 30.5 Å². The molecule has 0 amide bonds. The third kappa shape index (κ3) is 3.35. The molecule has 4 atom stereocenters. The van der Waals surface area contributed by atoms with Gasteiger partial charge in [-0.1, -0.05) is 37.3 Å². The van der Waals surface area contributed by atoms with Gasteiger partial charge in [-0.25, -0.2) is 13.1 Å². The number of aliphatic hydroxyl groups excluding tert-OH is 1. The highest BCUT2D eigenvalue weighted by Crippen LogP contribution is 2.58. The molecule has 10 heteroatoms. The summed E-state index contributed by atoms with van der Waals surface area (Å²) in [5.41, 5.74) is -0.201. The maximum absolute atomic E-state index is 13.0. The number of carboxylic acid groups (broad SMARTS) is 1. The van der Waals surface area contributed by atoms with E-state index in [2.05, 4.69) is 9.82 Å². The van der Waals surface area contributed by atoms with Crippen LogP contribution in [0.3, 0.4) is 0 Å². The van der Waals surface area contributed by atoms with E-state index in [0.717, 1.165) is 16.9 Å². The minimum atomic E-state index is -4.07. The van der Waals surface area contributed by atoms with Crippen molar-refractivity contribution in [3.8, 4) is 5.00 Å². The van der Waals surface area contributed by atoms with Gasteiger partial charge in [-0.15, -0.1) is 11.3 Å². The average Bonchev–Trinajstić information content (AvgIpc) is 3.14. The monoisotopic (exact) mass is 447 g/mol. The number of sulfonamides is 1. The fraction of sp³-hybridized carbons (Fsp3) is 0.300. The van der Waals surface area contributed by atoms with Crippen molar-refractivity contribution in [2.75, 3.05) is 0 Å². The van der Waals surface area contributed by atoms with Crippen molar-refractivity contribution >= 4 is 27.3 Å². The van der Waals surface area contributed by atoms with Crippen molar-refractivity contribution in [2.45, 2.75) is 35.6 Å². The van der Waals surface area contributed by atoms with Crippen LogP contribution < -0.4 is 4.72 Å². The SMILES string of the molecule is CC(O)c1cnn(-c2ccc(S(=O)(=O)N[C@@]3(C(=O)O)C(C)[C@@H]3c3ccccc3)s2)c1. The summed E-state index contributed by atoms with van der Waals surface area (Å²) >= 11 is 0.972. The summed E-state index contributed by atoms with van der Waals surface area (Å²) in [4.78, 5) is 12.1. The summed E-state index contributed by atoms with van der Waals surface area (Å²) < 4.78 is 30.0. The van der Waals surface area contributed by atoms with E-state index in [1.165, 1.54) is 16.9 Å². The number of benzene rings is 1. The highest BCUT2D eigenvalue weighted by atomic mass is 32.2. The molecule has 3 aromatic rings. The number of hydrogen-bond acceptors (Lipinski definition) is 6. The summed E-state index contributed by atoms with van der Waals surface area (Å²) in [6, 6.07) is 12.1. The van der Waals surface area contributed by atoms with Crippen LogP contribution in [0.4, 0.5) is 0 Å². The molecule has 4 rings (SSSR count). The predicted molar refractivity (Wildman–Crippen MR) is 111 cm³/mol. The molecule has 1 fully saturated rings. The minimum Gasteiger partial charge on any atom is -0.480 e. The Labute approximate surface area is 177 Å². The Hall–Kier alpha value is -2.53. The van der Waals surface area contributed by atoms with E-state index < -0.39 is 39.5 Å². The molecule has 0 radical (unpaired) electrons. The molecule has 0 bridgehead atoms. The molecule has 1 saturated carbocycles. The van der Waals surface area contributed by atoms with Crippen molar-refractivity contribution in [2.24, 2.45) is 5.92 Å². The van der Waals surface area contributed by atoms with Gasteiger partial charge in [0, 0.05) is 17.7 Å². The number of aromatic nitrogens is 2. The number of nitrogens with one attached hydrogen (secondary N) is 1. The van der Waals surface area contributed by atoms with Gasteiger partial charge in [0.1, 0.15) is 14.7 Å². The molecule has 1 aliphatic carbocycles. The smallest absolute Gasteiger partial charge is 0.325 e. The first-order chi connectivity index (χ1) is 14.2. The van der Waals surface area contributed by atoms with E-state index in [1.807, 2.05) is 6.07 Å². The van der Waals surface area contributed by atoms with Crippen LogP contribution in [-0.4, -0.2) is 39.9 Å². The van der Waals surface area contributed by atoms with E-state index in [4.69, 9.17) is 0 Å². The van der Waals surface area contributed by atoms with Crippen molar-refractivity contribution < 1.29 is 23.4 Å². The lowest BCUT2D eigenvalue weighted by Crippen LogP contribution is -2.45. The van der Waals surface area contributed by atoms with E-state index in [9.17, 15) is 23.4 Å². The number of aliphatic carboxylic acids is 1. The Kier molecular flexibility index (Phi) is 5.05. The Bertz CT molecular complexity index is 1190. The number of thiophene rings is 1. The minimum absolute atomic E-state index is 0.00173. The summed E-state index contributed by atoms with van der Waals surface area (Å²) in [7, 11) is -4.07. The maximum Gasteiger partial charge on any atom is 0.325 e. The molecule has 30 heavy (non-hydrogen) atoms. The molecular formula is C20H21N3O5S2. The van der Waals surface area contributed by atoms with Crippen LogP contribution >= 0.6 is 11.3 Å².